The predicted octanol–water partition coefficient (Wildman–Crippen LogP) is 3.01. The molecule has 0 aliphatic carbocycles. The van der Waals surface area contributed by atoms with Crippen LogP contribution < -0.4 is 9.47 Å². The van der Waals surface area contributed by atoms with Crippen LogP contribution in [-0.2, 0) is 6.54 Å². The largest absolute Gasteiger partial charge is 0.493 e. The number of likely N-dealkylation sites (tertiary alicyclic amines) is 1. The highest BCUT2D eigenvalue weighted by atomic mass is 19.3. The minimum atomic E-state index is -2.54. The number of likely N-dealkylation sites (N-methyl/N-ethyl adjacent to an activating group) is 1. The molecular formula is C20H32F2N2O3. The van der Waals surface area contributed by atoms with Crippen LogP contribution in [-0.4, -0.2) is 73.4 Å². The van der Waals surface area contributed by atoms with Crippen molar-refractivity contribution in [2.24, 2.45) is 0 Å². The molecule has 1 heterocycles. The first kappa shape index (κ1) is 21.9. The molecule has 0 amide bonds. The zero-order chi connectivity index (χ0) is 19.9. The number of aliphatic hydroxyl groups is 1. The second-order valence-electron chi connectivity index (χ2n) is 7.07. The fourth-order valence-corrected chi connectivity index (χ4v) is 3.25. The van der Waals surface area contributed by atoms with Crippen LogP contribution in [0.2, 0.25) is 0 Å². The van der Waals surface area contributed by atoms with Crippen LogP contribution in [0.1, 0.15) is 32.3 Å². The summed E-state index contributed by atoms with van der Waals surface area (Å²) >= 11 is 0. The summed E-state index contributed by atoms with van der Waals surface area (Å²) in [6, 6.07) is 5.61. The van der Waals surface area contributed by atoms with Gasteiger partial charge >= 0.3 is 0 Å². The highest BCUT2D eigenvalue weighted by molar-refractivity contribution is 5.43. The minimum Gasteiger partial charge on any atom is -0.493 e. The van der Waals surface area contributed by atoms with Crippen molar-refractivity contribution < 1.29 is 23.4 Å². The van der Waals surface area contributed by atoms with Gasteiger partial charge in [-0.05, 0) is 30.8 Å². The lowest BCUT2D eigenvalue weighted by Gasteiger charge is -2.31. The molecule has 7 heteroatoms. The summed E-state index contributed by atoms with van der Waals surface area (Å²) in [5.74, 6) is -1.37. The SMILES string of the molecule is CCN(CC)C[C@H](O)COc1cc(CN2CCC(F)(F)CC2)ccc1OC. The summed E-state index contributed by atoms with van der Waals surface area (Å²) in [5, 5.41) is 10.2. The molecule has 2 rings (SSSR count). The summed E-state index contributed by atoms with van der Waals surface area (Å²) in [7, 11) is 1.57. The number of hydrogen-bond donors (Lipinski definition) is 1. The van der Waals surface area contributed by atoms with E-state index in [9.17, 15) is 13.9 Å². The molecule has 0 unspecified atom stereocenters. The van der Waals surface area contributed by atoms with Gasteiger partial charge in [0.2, 0.25) is 0 Å². The Morgan fingerprint density at radius 3 is 2.44 bits per heavy atom. The predicted molar refractivity (Wildman–Crippen MR) is 102 cm³/mol. The van der Waals surface area contributed by atoms with Crippen LogP contribution in [0.3, 0.4) is 0 Å². The third-order valence-electron chi connectivity index (χ3n) is 5.02. The van der Waals surface area contributed by atoms with Crippen LogP contribution in [0.25, 0.3) is 0 Å². The Morgan fingerprint density at radius 1 is 1.19 bits per heavy atom. The molecule has 1 aromatic carbocycles. The number of nitrogens with zero attached hydrogens (tertiary/aromatic N) is 2. The maximum Gasteiger partial charge on any atom is 0.250 e. The van der Waals surface area contributed by atoms with E-state index in [-0.39, 0.29) is 19.4 Å². The molecule has 0 saturated carbocycles. The molecule has 0 aromatic heterocycles. The minimum absolute atomic E-state index is 0.0932. The van der Waals surface area contributed by atoms with Crippen molar-refractivity contribution >= 4 is 0 Å². The Balaban J connectivity index is 1.94. The fourth-order valence-electron chi connectivity index (χ4n) is 3.25. The molecule has 1 aromatic rings. The lowest BCUT2D eigenvalue weighted by molar-refractivity contribution is -0.0566. The van der Waals surface area contributed by atoms with E-state index in [0.717, 1.165) is 18.7 Å². The van der Waals surface area contributed by atoms with E-state index >= 15 is 0 Å². The van der Waals surface area contributed by atoms with Gasteiger partial charge in [-0.15, -0.1) is 0 Å². The molecular weight excluding hydrogens is 354 g/mol. The molecule has 1 aliphatic heterocycles. The third-order valence-corrected chi connectivity index (χ3v) is 5.02. The Hall–Kier alpha value is -1.44. The lowest BCUT2D eigenvalue weighted by atomic mass is 10.1. The van der Waals surface area contributed by atoms with E-state index in [2.05, 4.69) is 18.7 Å². The van der Waals surface area contributed by atoms with Crippen molar-refractivity contribution in [1.29, 1.82) is 0 Å². The van der Waals surface area contributed by atoms with E-state index < -0.39 is 12.0 Å². The van der Waals surface area contributed by atoms with Gasteiger partial charge in [0.1, 0.15) is 12.7 Å². The Kier molecular flexibility index (Phi) is 8.26. The summed E-state index contributed by atoms with van der Waals surface area (Å²) in [6.45, 7) is 7.96. The normalized spacial score (nSPS) is 18.5. The number of hydrogen-bond acceptors (Lipinski definition) is 5. The monoisotopic (exact) mass is 386 g/mol. The van der Waals surface area contributed by atoms with Crippen molar-refractivity contribution in [3.63, 3.8) is 0 Å². The van der Waals surface area contributed by atoms with Gasteiger partial charge in [0.25, 0.3) is 5.92 Å². The highest BCUT2D eigenvalue weighted by Crippen LogP contribution is 2.31. The quantitative estimate of drug-likeness (QED) is 0.670. The Bertz CT molecular complexity index is 572. The first-order valence-electron chi connectivity index (χ1n) is 9.67. The van der Waals surface area contributed by atoms with Gasteiger partial charge in [0.05, 0.1) is 7.11 Å². The van der Waals surface area contributed by atoms with Gasteiger partial charge in [-0.25, -0.2) is 8.78 Å². The van der Waals surface area contributed by atoms with Gasteiger partial charge in [-0.1, -0.05) is 19.9 Å². The Labute approximate surface area is 160 Å². The van der Waals surface area contributed by atoms with Crippen molar-refractivity contribution in [2.45, 2.75) is 45.3 Å². The molecule has 0 spiro atoms. The maximum atomic E-state index is 13.3. The zero-order valence-electron chi connectivity index (χ0n) is 16.6. The first-order valence-corrected chi connectivity index (χ1v) is 9.67. The molecule has 1 fully saturated rings. The summed E-state index contributed by atoms with van der Waals surface area (Å²) in [5.41, 5.74) is 0.981. The van der Waals surface area contributed by atoms with Crippen molar-refractivity contribution in [2.75, 3.05) is 46.4 Å². The standard InChI is InChI=1S/C20H32F2N2O3/c1-4-23(5-2)14-17(25)15-27-19-12-16(6-7-18(19)26-3)13-24-10-8-20(21,22)9-11-24/h6-7,12,17,25H,4-5,8-11,13-15H2,1-3H3/t17-/m0/s1. The fraction of sp³-hybridized carbons (Fsp3) is 0.700. The summed E-state index contributed by atoms with van der Waals surface area (Å²) in [6.07, 6.45) is -0.781. The lowest BCUT2D eigenvalue weighted by Crippen LogP contribution is -2.38. The van der Waals surface area contributed by atoms with Gasteiger partial charge in [0.15, 0.2) is 11.5 Å². The van der Waals surface area contributed by atoms with E-state index in [1.54, 1.807) is 7.11 Å². The maximum absolute atomic E-state index is 13.3. The van der Waals surface area contributed by atoms with E-state index in [1.165, 1.54) is 0 Å². The number of alkyl halides is 2. The van der Waals surface area contributed by atoms with Crippen LogP contribution in [0.5, 0.6) is 11.5 Å². The summed E-state index contributed by atoms with van der Waals surface area (Å²) < 4.78 is 37.8. The van der Waals surface area contributed by atoms with Crippen LogP contribution in [0.4, 0.5) is 8.78 Å². The van der Waals surface area contributed by atoms with Gasteiger partial charge < -0.3 is 19.5 Å². The van der Waals surface area contributed by atoms with E-state index in [0.29, 0.717) is 37.7 Å². The molecule has 1 saturated heterocycles. The smallest absolute Gasteiger partial charge is 0.250 e. The van der Waals surface area contributed by atoms with Gasteiger partial charge in [-0.3, -0.25) is 4.90 Å². The number of piperidine rings is 1. The van der Waals surface area contributed by atoms with Crippen molar-refractivity contribution in [3.8, 4) is 11.5 Å². The topological polar surface area (TPSA) is 45.2 Å². The van der Waals surface area contributed by atoms with E-state index in [1.807, 2.05) is 23.1 Å². The average Bonchev–Trinajstić information content (AvgIpc) is 2.66. The van der Waals surface area contributed by atoms with Crippen molar-refractivity contribution in [3.05, 3.63) is 23.8 Å². The third kappa shape index (κ3) is 6.90. The highest BCUT2D eigenvalue weighted by Gasteiger charge is 2.33. The number of ether oxygens (including phenoxy) is 2. The summed E-state index contributed by atoms with van der Waals surface area (Å²) in [4.78, 5) is 4.16. The number of benzene rings is 1. The first-order chi connectivity index (χ1) is 12.9. The molecule has 27 heavy (non-hydrogen) atoms. The number of halogens is 2. The number of rotatable bonds is 10. The second-order valence-corrected chi connectivity index (χ2v) is 7.07. The molecule has 5 nitrogen and oxygen atoms in total. The van der Waals surface area contributed by atoms with Crippen LogP contribution >= 0.6 is 0 Å². The van der Waals surface area contributed by atoms with Gasteiger partial charge in [0, 0.05) is 39.0 Å². The molecule has 0 radical (unpaired) electrons. The Morgan fingerprint density at radius 2 is 1.85 bits per heavy atom. The number of aliphatic hydroxyl groups excluding tert-OH is 1. The molecule has 1 N–H and O–H groups in total. The molecule has 1 atom stereocenters. The zero-order valence-corrected chi connectivity index (χ0v) is 16.6. The molecule has 154 valence electrons. The van der Waals surface area contributed by atoms with Crippen LogP contribution in [0, 0.1) is 0 Å². The average molecular weight is 386 g/mol. The molecule has 0 bridgehead atoms. The van der Waals surface area contributed by atoms with Crippen molar-refractivity contribution in [1.82, 2.24) is 9.80 Å². The molecule has 1 aliphatic rings. The van der Waals surface area contributed by atoms with Crippen LogP contribution in [0.15, 0.2) is 18.2 Å². The van der Waals surface area contributed by atoms with E-state index in [4.69, 9.17) is 9.47 Å². The second kappa shape index (κ2) is 10.2. The number of methoxy groups -OCH3 is 1. The van der Waals surface area contributed by atoms with Gasteiger partial charge in [-0.2, -0.15) is 0 Å².